The fourth-order valence-electron chi connectivity index (χ4n) is 1.60. The molecule has 0 aromatic carbocycles. The summed E-state index contributed by atoms with van der Waals surface area (Å²) in [5.41, 5.74) is 5.79. The summed E-state index contributed by atoms with van der Waals surface area (Å²) in [4.78, 5) is 4.13. The van der Waals surface area contributed by atoms with Crippen LogP contribution < -0.4 is 10.5 Å². The fourth-order valence-corrected chi connectivity index (χ4v) is 2.92. The lowest BCUT2D eigenvalue weighted by Crippen LogP contribution is -2.35. The van der Waals surface area contributed by atoms with E-state index in [1.54, 1.807) is 0 Å². The first-order valence-corrected chi connectivity index (χ1v) is 7.24. The zero-order valence-corrected chi connectivity index (χ0v) is 11.1. The Kier molecular flexibility index (Phi) is 3.91. The molecule has 98 valence electrons. The topological polar surface area (TPSA) is 94.3 Å². The van der Waals surface area contributed by atoms with E-state index >= 15 is 0 Å². The van der Waals surface area contributed by atoms with E-state index in [4.69, 9.17) is 22.7 Å². The number of aromatic nitrogens is 1. The molecule has 2 heterocycles. The Morgan fingerprint density at radius 3 is 2.83 bits per heavy atom. The normalized spacial score (nSPS) is 19.9. The molecule has 1 unspecified atom stereocenters. The molecule has 0 radical (unpaired) electrons. The van der Waals surface area contributed by atoms with Crippen molar-refractivity contribution >= 4 is 27.2 Å². The van der Waals surface area contributed by atoms with Gasteiger partial charge in [0, 0.05) is 18.8 Å². The van der Waals surface area contributed by atoms with E-state index in [2.05, 4.69) is 9.71 Å². The van der Waals surface area contributed by atoms with E-state index in [-0.39, 0.29) is 15.9 Å². The van der Waals surface area contributed by atoms with Gasteiger partial charge < -0.3 is 10.5 Å². The highest BCUT2D eigenvalue weighted by atomic mass is 32.2. The Morgan fingerprint density at radius 2 is 2.33 bits per heavy atom. The molecular weight excluding hydrogens is 274 g/mol. The third kappa shape index (κ3) is 3.02. The molecular formula is C10H13N3O3S2. The molecule has 1 atom stereocenters. The molecule has 8 heteroatoms. The van der Waals surface area contributed by atoms with Crippen LogP contribution in [-0.2, 0) is 14.8 Å². The molecule has 0 amide bonds. The average molecular weight is 287 g/mol. The van der Waals surface area contributed by atoms with Gasteiger partial charge in [-0.1, -0.05) is 12.2 Å². The van der Waals surface area contributed by atoms with Gasteiger partial charge in [0.1, 0.15) is 9.88 Å². The van der Waals surface area contributed by atoms with Crippen molar-refractivity contribution in [2.75, 3.05) is 13.2 Å². The van der Waals surface area contributed by atoms with E-state index in [0.717, 1.165) is 0 Å². The highest BCUT2D eigenvalue weighted by molar-refractivity contribution is 7.89. The number of pyridine rings is 1. The lowest BCUT2D eigenvalue weighted by molar-refractivity contribution is 0.192. The van der Waals surface area contributed by atoms with E-state index in [9.17, 15) is 8.42 Å². The Balaban J connectivity index is 2.16. The molecule has 6 nitrogen and oxygen atoms in total. The van der Waals surface area contributed by atoms with Crippen molar-refractivity contribution in [3.8, 4) is 0 Å². The number of sulfonamides is 1. The molecule has 1 saturated heterocycles. The van der Waals surface area contributed by atoms with Gasteiger partial charge in [0.25, 0.3) is 0 Å². The molecule has 3 N–H and O–H groups in total. The minimum absolute atomic E-state index is 0.0920. The van der Waals surface area contributed by atoms with E-state index in [0.29, 0.717) is 25.3 Å². The number of nitrogens with one attached hydrogen (secondary N) is 1. The molecule has 2 rings (SSSR count). The van der Waals surface area contributed by atoms with Gasteiger partial charge in [-0.2, -0.15) is 0 Å². The maximum absolute atomic E-state index is 12.0. The summed E-state index contributed by atoms with van der Waals surface area (Å²) in [5.74, 6) is 0. The maximum atomic E-state index is 12.0. The molecule has 1 aromatic rings. The largest absolute Gasteiger partial charge is 0.388 e. The molecule has 0 bridgehead atoms. The van der Waals surface area contributed by atoms with Crippen LogP contribution in [0.3, 0.4) is 0 Å². The predicted molar refractivity (Wildman–Crippen MR) is 69.7 cm³/mol. The summed E-state index contributed by atoms with van der Waals surface area (Å²) in [6.07, 6.45) is 1.92. The van der Waals surface area contributed by atoms with Crippen molar-refractivity contribution in [1.29, 1.82) is 0 Å². The van der Waals surface area contributed by atoms with Crippen LogP contribution in [0.5, 0.6) is 0 Å². The quantitative estimate of drug-likeness (QED) is 0.744. The molecule has 0 spiro atoms. The number of ether oxygens (including phenoxy) is 1. The first kappa shape index (κ1) is 13.3. The van der Waals surface area contributed by atoms with Crippen LogP contribution in [0, 0.1) is 0 Å². The summed E-state index contributed by atoms with van der Waals surface area (Å²) < 4.78 is 31.7. The van der Waals surface area contributed by atoms with Gasteiger partial charge in [0.15, 0.2) is 0 Å². The second kappa shape index (κ2) is 5.27. The van der Waals surface area contributed by atoms with Crippen LogP contribution in [-0.4, -0.2) is 37.6 Å². The summed E-state index contributed by atoms with van der Waals surface area (Å²) in [5, 5.41) is 0. The molecule has 1 aromatic heterocycles. The first-order chi connectivity index (χ1) is 8.49. The zero-order valence-electron chi connectivity index (χ0n) is 9.50. The number of hydrogen-bond acceptors (Lipinski definition) is 5. The number of nitrogens with two attached hydrogens (primary N) is 1. The average Bonchev–Trinajstić information content (AvgIpc) is 2.81. The Morgan fingerprint density at radius 1 is 1.56 bits per heavy atom. The highest BCUT2D eigenvalue weighted by Gasteiger charge is 2.23. The van der Waals surface area contributed by atoms with Crippen molar-refractivity contribution in [3.05, 3.63) is 24.0 Å². The molecule has 1 aliphatic heterocycles. The van der Waals surface area contributed by atoms with E-state index in [1.807, 2.05) is 0 Å². The van der Waals surface area contributed by atoms with Crippen molar-refractivity contribution in [3.63, 3.8) is 0 Å². The second-order valence-corrected chi connectivity index (χ2v) is 6.08. The fraction of sp³-hybridized carbons (Fsp3) is 0.400. The molecule has 1 fully saturated rings. The Bertz CT molecular complexity index is 536. The van der Waals surface area contributed by atoms with Gasteiger partial charge >= 0.3 is 0 Å². The molecule has 1 aliphatic rings. The third-order valence-electron chi connectivity index (χ3n) is 2.55. The lowest BCUT2D eigenvalue weighted by Gasteiger charge is -2.11. The van der Waals surface area contributed by atoms with Gasteiger partial charge in [-0.15, -0.1) is 0 Å². The summed E-state index contributed by atoms with van der Waals surface area (Å²) in [7, 11) is -3.56. The molecule has 18 heavy (non-hydrogen) atoms. The molecule has 0 saturated carbocycles. The maximum Gasteiger partial charge on any atom is 0.242 e. The minimum Gasteiger partial charge on any atom is -0.388 e. The van der Waals surface area contributed by atoms with Crippen LogP contribution in [0.2, 0.25) is 0 Å². The van der Waals surface area contributed by atoms with Crippen LogP contribution in [0.15, 0.2) is 23.2 Å². The van der Waals surface area contributed by atoms with E-state index in [1.165, 1.54) is 18.3 Å². The zero-order chi connectivity index (χ0) is 13.2. The lowest BCUT2D eigenvalue weighted by atomic mass is 10.3. The SMILES string of the molecule is NC(=S)c1ccc(S(=O)(=O)NC2CCOC2)cn1. The van der Waals surface area contributed by atoms with Crippen LogP contribution >= 0.6 is 12.2 Å². The molecule has 0 aliphatic carbocycles. The smallest absolute Gasteiger partial charge is 0.242 e. The van der Waals surface area contributed by atoms with Gasteiger partial charge in [-0.3, -0.25) is 4.98 Å². The van der Waals surface area contributed by atoms with Crippen LogP contribution in [0.1, 0.15) is 12.1 Å². The second-order valence-electron chi connectivity index (χ2n) is 3.93. The van der Waals surface area contributed by atoms with Crippen LogP contribution in [0.4, 0.5) is 0 Å². The number of hydrogen-bond donors (Lipinski definition) is 2. The Hall–Kier alpha value is -1.09. The van der Waals surface area contributed by atoms with Gasteiger partial charge in [-0.05, 0) is 18.6 Å². The summed E-state index contributed by atoms with van der Waals surface area (Å²) in [6.45, 7) is 0.976. The van der Waals surface area contributed by atoms with Crippen LogP contribution in [0.25, 0.3) is 0 Å². The van der Waals surface area contributed by atoms with Crippen molar-refractivity contribution in [1.82, 2.24) is 9.71 Å². The van der Waals surface area contributed by atoms with Crippen molar-refractivity contribution < 1.29 is 13.2 Å². The number of rotatable bonds is 4. The van der Waals surface area contributed by atoms with Gasteiger partial charge in [-0.25, -0.2) is 13.1 Å². The standard InChI is InChI=1S/C10H13N3O3S2/c11-10(17)9-2-1-8(5-12-9)18(14,15)13-7-3-4-16-6-7/h1-2,5,7,13H,3-4,6H2,(H2,11,17). The number of nitrogens with zero attached hydrogens (tertiary/aromatic N) is 1. The van der Waals surface area contributed by atoms with Crippen molar-refractivity contribution in [2.24, 2.45) is 5.73 Å². The summed E-state index contributed by atoms with van der Waals surface area (Å²) in [6, 6.07) is 2.74. The number of thiocarbonyl (C=S) groups is 1. The van der Waals surface area contributed by atoms with Gasteiger partial charge in [0.2, 0.25) is 10.0 Å². The van der Waals surface area contributed by atoms with E-state index < -0.39 is 10.0 Å². The predicted octanol–water partition coefficient (Wildman–Crippen LogP) is -0.217. The van der Waals surface area contributed by atoms with Gasteiger partial charge in [0.05, 0.1) is 12.3 Å². The summed E-state index contributed by atoms with van der Waals surface area (Å²) >= 11 is 4.75. The minimum atomic E-state index is -3.56. The third-order valence-corrected chi connectivity index (χ3v) is 4.27. The van der Waals surface area contributed by atoms with Crippen molar-refractivity contribution in [2.45, 2.75) is 17.4 Å². The Labute approximate surface area is 111 Å². The first-order valence-electron chi connectivity index (χ1n) is 5.35. The highest BCUT2D eigenvalue weighted by Crippen LogP contribution is 2.12. The monoisotopic (exact) mass is 287 g/mol.